The van der Waals surface area contributed by atoms with Gasteiger partial charge in [0.1, 0.15) is 5.82 Å². The summed E-state index contributed by atoms with van der Waals surface area (Å²) in [4.78, 5) is 7.77. The van der Waals surface area contributed by atoms with Gasteiger partial charge in [-0.25, -0.2) is 4.98 Å². The summed E-state index contributed by atoms with van der Waals surface area (Å²) in [5, 5.41) is 1.37. The maximum atomic E-state index is 5.95. The lowest BCUT2D eigenvalue weighted by atomic mass is 10.2. The zero-order valence-electron chi connectivity index (χ0n) is 9.05. The molecule has 1 N–H and O–H groups in total. The molecule has 1 aromatic heterocycles. The Balaban J connectivity index is 2.19. The number of imidazole rings is 1. The molecule has 5 heteroatoms. The van der Waals surface area contributed by atoms with E-state index in [9.17, 15) is 0 Å². The van der Waals surface area contributed by atoms with Crippen molar-refractivity contribution in [3.05, 3.63) is 50.9 Å². The van der Waals surface area contributed by atoms with Crippen molar-refractivity contribution in [2.45, 2.75) is 0 Å². The highest BCUT2D eigenvalue weighted by Crippen LogP contribution is 2.30. The highest BCUT2D eigenvalue weighted by atomic mass is 79.9. The van der Waals surface area contributed by atoms with Crippen LogP contribution in [-0.2, 0) is 0 Å². The van der Waals surface area contributed by atoms with Crippen molar-refractivity contribution in [2.75, 3.05) is 0 Å². The molecule has 0 spiro atoms. The van der Waals surface area contributed by atoms with Gasteiger partial charge in [-0.05, 0) is 52.3 Å². The summed E-state index contributed by atoms with van der Waals surface area (Å²) in [5.74, 6) is 0.788. The number of nitrogens with one attached hydrogen (secondary N) is 1. The van der Waals surface area contributed by atoms with Crippen LogP contribution in [0.2, 0.25) is 10.0 Å². The number of H-pyrrole nitrogens is 1. The van der Waals surface area contributed by atoms with E-state index in [0.717, 1.165) is 26.9 Å². The van der Waals surface area contributed by atoms with Gasteiger partial charge >= 0.3 is 0 Å². The maximum Gasteiger partial charge on any atom is 0.139 e. The Labute approximate surface area is 122 Å². The molecule has 3 aromatic rings. The molecule has 0 aliphatic carbocycles. The van der Waals surface area contributed by atoms with E-state index in [1.54, 1.807) is 0 Å². The van der Waals surface area contributed by atoms with E-state index in [1.165, 1.54) is 0 Å². The van der Waals surface area contributed by atoms with Crippen LogP contribution in [0.15, 0.2) is 40.9 Å². The second-order valence-electron chi connectivity index (χ2n) is 3.87. The minimum atomic E-state index is 0.685. The lowest BCUT2D eigenvalue weighted by molar-refractivity contribution is 1.33. The predicted molar refractivity (Wildman–Crippen MR) is 79.2 cm³/mol. The molecule has 18 heavy (non-hydrogen) atoms. The lowest BCUT2D eigenvalue weighted by Crippen LogP contribution is -1.82. The van der Waals surface area contributed by atoms with Gasteiger partial charge in [0.25, 0.3) is 0 Å². The fourth-order valence-electron chi connectivity index (χ4n) is 1.79. The van der Waals surface area contributed by atoms with E-state index in [2.05, 4.69) is 25.9 Å². The quantitative estimate of drug-likeness (QED) is 0.639. The van der Waals surface area contributed by atoms with Crippen LogP contribution in [-0.4, -0.2) is 9.97 Å². The second kappa shape index (κ2) is 4.57. The number of halogens is 3. The lowest BCUT2D eigenvalue weighted by Gasteiger charge is -2.00. The molecular weight excluding hydrogens is 335 g/mol. The summed E-state index contributed by atoms with van der Waals surface area (Å²) in [6.45, 7) is 0. The number of fused-ring (bicyclic) bond motifs is 1. The molecule has 0 bridgehead atoms. The number of rotatable bonds is 1. The highest BCUT2D eigenvalue weighted by Gasteiger charge is 2.09. The van der Waals surface area contributed by atoms with Crippen molar-refractivity contribution >= 4 is 50.2 Å². The Hall–Kier alpha value is -1.03. The Morgan fingerprint density at radius 2 is 1.72 bits per heavy atom. The molecule has 0 fully saturated rings. The number of hydrogen-bond acceptors (Lipinski definition) is 1. The van der Waals surface area contributed by atoms with Crippen LogP contribution in [0, 0.1) is 0 Å². The molecule has 0 unspecified atom stereocenters. The molecule has 0 aliphatic rings. The molecule has 0 atom stereocenters. The molecule has 0 radical (unpaired) electrons. The Bertz CT molecular complexity index is 737. The van der Waals surface area contributed by atoms with Crippen LogP contribution in [0.25, 0.3) is 22.4 Å². The fraction of sp³-hybridized carbons (Fsp3) is 0. The largest absolute Gasteiger partial charge is 0.338 e. The smallest absolute Gasteiger partial charge is 0.139 e. The monoisotopic (exact) mass is 340 g/mol. The Morgan fingerprint density at radius 3 is 2.50 bits per heavy atom. The Morgan fingerprint density at radius 1 is 1.00 bits per heavy atom. The van der Waals surface area contributed by atoms with Crippen LogP contribution in [0.3, 0.4) is 0 Å². The van der Waals surface area contributed by atoms with Crippen molar-refractivity contribution in [1.82, 2.24) is 9.97 Å². The van der Waals surface area contributed by atoms with Gasteiger partial charge < -0.3 is 4.98 Å². The average Bonchev–Trinajstić information content (AvgIpc) is 2.71. The summed E-state index contributed by atoms with van der Waals surface area (Å²) in [6, 6.07) is 11.2. The van der Waals surface area contributed by atoms with Crippen molar-refractivity contribution in [3.63, 3.8) is 0 Å². The van der Waals surface area contributed by atoms with Gasteiger partial charge in [0.15, 0.2) is 0 Å². The topological polar surface area (TPSA) is 28.7 Å². The molecule has 2 aromatic carbocycles. The first-order valence-electron chi connectivity index (χ1n) is 5.24. The van der Waals surface area contributed by atoms with Gasteiger partial charge in [0.05, 0.1) is 11.0 Å². The van der Waals surface area contributed by atoms with Crippen molar-refractivity contribution in [3.8, 4) is 11.4 Å². The third kappa shape index (κ3) is 2.14. The summed E-state index contributed by atoms with van der Waals surface area (Å²) in [7, 11) is 0. The van der Waals surface area contributed by atoms with E-state index in [1.807, 2.05) is 36.4 Å². The SMILES string of the molecule is Clc1ccc(-c2nc3ccc(Cl)cc3[nH]2)c(Br)c1. The molecule has 2 nitrogen and oxygen atoms in total. The first-order valence-corrected chi connectivity index (χ1v) is 6.79. The van der Waals surface area contributed by atoms with Gasteiger partial charge in [0.2, 0.25) is 0 Å². The first-order chi connectivity index (χ1) is 8.63. The zero-order valence-corrected chi connectivity index (χ0v) is 12.1. The van der Waals surface area contributed by atoms with Crippen molar-refractivity contribution in [2.24, 2.45) is 0 Å². The minimum absolute atomic E-state index is 0.685. The number of nitrogens with zero attached hydrogens (tertiary/aromatic N) is 1. The van der Waals surface area contributed by atoms with E-state index >= 15 is 0 Å². The predicted octanol–water partition coefficient (Wildman–Crippen LogP) is 5.30. The second-order valence-corrected chi connectivity index (χ2v) is 5.60. The van der Waals surface area contributed by atoms with E-state index in [0.29, 0.717) is 10.0 Å². The van der Waals surface area contributed by atoms with Crippen LogP contribution < -0.4 is 0 Å². The van der Waals surface area contributed by atoms with Gasteiger partial charge in [-0.2, -0.15) is 0 Å². The number of hydrogen-bond donors (Lipinski definition) is 1. The first kappa shape index (κ1) is 12.0. The molecule has 90 valence electrons. The van der Waals surface area contributed by atoms with E-state index in [4.69, 9.17) is 23.2 Å². The molecule has 1 heterocycles. The minimum Gasteiger partial charge on any atom is -0.338 e. The summed E-state index contributed by atoms with van der Waals surface area (Å²) < 4.78 is 0.903. The number of aromatic nitrogens is 2. The summed E-state index contributed by atoms with van der Waals surface area (Å²) >= 11 is 15.4. The average molecular weight is 342 g/mol. The summed E-state index contributed by atoms with van der Waals surface area (Å²) in [5.41, 5.74) is 2.77. The summed E-state index contributed by atoms with van der Waals surface area (Å²) in [6.07, 6.45) is 0. The highest BCUT2D eigenvalue weighted by molar-refractivity contribution is 9.10. The Kier molecular flexibility index (Phi) is 3.06. The molecule has 0 aliphatic heterocycles. The van der Waals surface area contributed by atoms with Gasteiger partial charge in [0, 0.05) is 20.1 Å². The molecule has 0 saturated heterocycles. The zero-order chi connectivity index (χ0) is 12.7. The third-order valence-electron chi connectivity index (χ3n) is 2.63. The molecule has 0 amide bonds. The molecule has 3 rings (SSSR count). The van der Waals surface area contributed by atoms with Crippen molar-refractivity contribution in [1.29, 1.82) is 0 Å². The molecular formula is C13H7BrCl2N2. The van der Waals surface area contributed by atoms with Crippen LogP contribution in [0.1, 0.15) is 0 Å². The normalized spacial score (nSPS) is 11.1. The maximum absolute atomic E-state index is 5.95. The van der Waals surface area contributed by atoms with Crippen LogP contribution in [0.4, 0.5) is 0 Å². The standard InChI is InChI=1S/C13H7BrCl2N2/c14-10-5-7(15)1-3-9(10)13-17-11-4-2-8(16)6-12(11)18-13/h1-6H,(H,17,18). The van der Waals surface area contributed by atoms with Gasteiger partial charge in [-0.3, -0.25) is 0 Å². The van der Waals surface area contributed by atoms with Gasteiger partial charge in [-0.15, -0.1) is 0 Å². The third-order valence-corrected chi connectivity index (χ3v) is 3.76. The number of aromatic amines is 1. The van der Waals surface area contributed by atoms with Crippen LogP contribution >= 0.6 is 39.1 Å². The van der Waals surface area contributed by atoms with E-state index < -0.39 is 0 Å². The van der Waals surface area contributed by atoms with Crippen molar-refractivity contribution < 1.29 is 0 Å². The van der Waals surface area contributed by atoms with E-state index in [-0.39, 0.29) is 0 Å². The number of benzene rings is 2. The fourth-order valence-corrected chi connectivity index (χ4v) is 2.83. The van der Waals surface area contributed by atoms with Gasteiger partial charge in [-0.1, -0.05) is 23.2 Å². The molecule has 0 saturated carbocycles. The van der Waals surface area contributed by atoms with Crippen LogP contribution in [0.5, 0.6) is 0 Å².